The van der Waals surface area contributed by atoms with E-state index >= 15 is 0 Å². The summed E-state index contributed by atoms with van der Waals surface area (Å²) in [5.41, 5.74) is 8.53. The zero-order chi connectivity index (χ0) is 22.5. The molecule has 0 amide bonds. The molecule has 160 valence electrons. The summed E-state index contributed by atoms with van der Waals surface area (Å²) in [6.45, 7) is 0. The van der Waals surface area contributed by atoms with Crippen molar-refractivity contribution in [2.75, 3.05) is 0 Å². The monoisotopic (exact) mass is 436 g/mol. The second-order valence-corrected chi connectivity index (χ2v) is 8.49. The summed E-state index contributed by atoms with van der Waals surface area (Å²) < 4.78 is 8.41. The normalized spacial score (nSPS) is 11.5. The van der Waals surface area contributed by atoms with Gasteiger partial charge >= 0.3 is 0 Å². The summed E-state index contributed by atoms with van der Waals surface area (Å²) in [6.07, 6.45) is 0. The Balaban J connectivity index is 1.52. The van der Waals surface area contributed by atoms with Gasteiger partial charge in [0.25, 0.3) is 0 Å². The minimum absolute atomic E-state index is 0.642. The SMILES string of the molecule is c1ccc(-c2ccc3c(c2)c2cc(-c4nc5ccccc5o4)ccc2n3-c2ccccc2)cc1. The van der Waals surface area contributed by atoms with E-state index in [0.717, 1.165) is 27.9 Å². The smallest absolute Gasteiger partial charge is 0.227 e. The van der Waals surface area contributed by atoms with E-state index in [0.29, 0.717) is 5.89 Å². The molecule has 2 heterocycles. The number of oxazole rings is 1. The molecular weight excluding hydrogens is 416 g/mol. The van der Waals surface area contributed by atoms with Crippen LogP contribution in [-0.4, -0.2) is 9.55 Å². The van der Waals surface area contributed by atoms with Crippen molar-refractivity contribution >= 4 is 32.9 Å². The maximum atomic E-state index is 6.08. The molecule has 0 atom stereocenters. The predicted molar refractivity (Wildman–Crippen MR) is 139 cm³/mol. The molecule has 0 spiro atoms. The van der Waals surface area contributed by atoms with Gasteiger partial charge in [-0.05, 0) is 65.7 Å². The molecule has 5 aromatic carbocycles. The Bertz CT molecular complexity index is 1760. The summed E-state index contributed by atoms with van der Waals surface area (Å²) in [5.74, 6) is 0.642. The van der Waals surface area contributed by atoms with Crippen LogP contribution in [0.25, 0.3) is 61.2 Å². The molecular formula is C31H20N2O. The molecule has 0 saturated carbocycles. The molecule has 0 fully saturated rings. The highest BCUT2D eigenvalue weighted by molar-refractivity contribution is 6.11. The first-order valence-electron chi connectivity index (χ1n) is 11.4. The van der Waals surface area contributed by atoms with Crippen LogP contribution in [0.3, 0.4) is 0 Å². The van der Waals surface area contributed by atoms with E-state index in [-0.39, 0.29) is 0 Å². The first-order valence-corrected chi connectivity index (χ1v) is 11.4. The van der Waals surface area contributed by atoms with Crippen molar-refractivity contribution < 1.29 is 4.42 Å². The molecule has 3 heteroatoms. The Morgan fingerprint density at radius 3 is 1.88 bits per heavy atom. The summed E-state index contributed by atoms with van der Waals surface area (Å²) in [4.78, 5) is 4.73. The third-order valence-corrected chi connectivity index (χ3v) is 6.43. The number of nitrogens with zero attached hydrogens (tertiary/aromatic N) is 2. The number of benzene rings is 5. The van der Waals surface area contributed by atoms with Crippen LogP contribution in [-0.2, 0) is 0 Å². The van der Waals surface area contributed by atoms with Crippen molar-refractivity contribution in [3.05, 3.63) is 121 Å². The van der Waals surface area contributed by atoms with Crippen molar-refractivity contribution in [3.8, 4) is 28.3 Å². The summed E-state index contributed by atoms with van der Waals surface area (Å²) >= 11 is 0. The minimum Gasteiger partial charge on any atom is -0.436 e. The number of aromatic nitrogens is 2. The Hall–Kier alpha value is -4.63. The number of fused-ring (bicyclic) bond motifs is 4. The Kier molecular flexibility index (Phi) is 4.15. The fraction of sp³-hybridized carbons (Fsp3) is 0. The molecule has 3 nitrogen and oxygen atoms in total. The molecule has 0 aliphatic carbocycles. The zero-order valence-corrected chi connectivity index (χ0v) is 18.3. The highest BCUT2D eigenvalue weighted by Crippen LogP contribution is 2.37. The van der Waals surface area contributed by atoms with Gasteiger partial charge in [0.2, 0.25) is 5.89 Å². The van der Waals surface area contributed by atoms with E-state index < -0.39 is 0 Å². The third kappa shape index (κ3) is 2.95. The van der Waals surface area contributed by atoms with E-state index in [9.17, 15) is 0 Å². The lowest BCUT2D eigenvalue weighted by atomic mass is 10.0. The van der Waals surface area contributed by atoms with Gasteiger partial charge in [-0.1, -0.05) is 66.7 Å². The fourth-order valence-electron chi connectivity index (χ4n) is 4.82. The van der Waals surface area contributed by atoms with Gasteiger partial charge in [-0.25, -0.2) is 4.98 Å². The van der Waals surface area contributed by atoms with Crippen LogP contribution in [0.2, 0.25) is 0 Å². The van der Waals surface area contributed by atoms with Crippen LogP contribution in [0.15, 0.2) is 126 Å². The largest absolute Gasteiger partial charge is 0.436 e. The van der Waals surface area contributed by atoms with Crippen LogP contribution in [0.5, 0.6) is 0 Å². The third-order valence-electron chi connectivity index (χ3n) is 6.43. The summed E-state index contributed by atoms with van der Waals surface area (Å²) in [5, 5.41) is 2.38. The van der Waals surface area contributed by atoms with Gasteiger partial charge < -0.3 is 8.98 Å². The van der Waals surface area contributed by atoms with Gasteiger partial charge in [-0.15, -0.1) is 0 Å². The average molecular weight is 437 g/mol. The van der Waals surface area contributed by atoms with E-state index in [1.54, 1.807) is 0 Å². The van der Waals surface area contributed by atoms with Crippen molar-refractivity contribution in [3.63, 3.8) is 0 Å². The Morgan fingerprint density at radius 2 is 1.15 bits per heavy atom. The minimum atomic E-state index is 0.642. The number of hydrogen-bond acceptors (Lipinski definition) is 2. The molecule has 0 aliphatic rings. The molecule has 0 radical (unpaired) electrons. The first kappa shape index (κ1) is 18.9. The van der Waals surface area contributed by atoms with Crippen LogP contribution in [0.1, 0.15) is 0 Å². The second-order valence-electron chi connectivity index (χ2n) is 8.49. The quantitative estimate of drug-likeness (QED) is 0.279. The van der Waals surface area contributed by atoms with Crippen LogP contribution in [0, 0.1) is 0 Å². The Morgan fingerprint density at radius 1 is 0.529 bits per heavy atom. The molecule has 0 bridgehead atoms. The van der Waals surface area contributed by atoms with Gasteiger partial charge in [0.1, 0.15) is 5.52 Å². The molecule has 34 heavy (non-hydrogen) atoms. The topological polar surface area (TPSA) is 31.0 Å². The highest BCUT2D eigenvalue weighted by Gasteiger charge is 2.16. The Labute approximate surface area is 196 Å². The van der Waals surface area contributed by atoms with Gasteiger partial charge in [0, 0.05) is 22.0 Å². The van der Waals surface area contributed by atoms with E-state index in [1.807, 2.05) is 24.3 Å². The van der Waals surface area contributed by atoms with Gasteiger partial charge in [0.15, 0.2) is 5.58 Å². The number of hydrogen-bond donors (Lipinski definition) is 0. The lowest BCUT2D eigenvalue weighted by Crippen LogP contribution is -1.93. The standard InChI is InChI=1S/C31H20N2O/c1-3-9-21(10-4-1)22-15-17-28-25(19-22)26-20-23(31-32-27-13-7-8-14-30(27)34-31)16-18-29(26)33(28)24-11-5-2-6-12-24/h1-20H. The van der Waals surface area contributed by atoms with Crippen molar-refractivity contribution in [2.45, 2.75) is 0 Å². The van der Waals surface area contributed by atoms with E-state index in [2.05, 4.69) is 102 Å². The van der Waals surface area contributed by atoms with Crippen molar-refractivity contribution in [2.24, 2.45) is 0 Å². The van der Waals surface area contributed by atoms with Gasteiger partial charge in [-0.3, -0.25) is 0 Å². The summed E-state index contributed by atoms with van der Waals surface area (Å²) in [6, 6.07) is 42.1. The molecule has 0 N–H and O–H groups in total. The molecule has 0 saturated heterocycles. The van der Waals surface area contributed by atoms with Crippen molar-refractivity contribution in [1.29, 1.82) is 0 Å². The molecule has 7 rings (SSSR count). The molecule has 0 aliphatic heterocycles. The molecule has 7 aromatic rings. The van der Waals surface area contributed by atoms with Crippen LogP contribution >= 0.6 is 0 Å². The van der Waals surface area contributed by atoms with Gasteiger partial charge in [0.05, 0.1) is 11.0 Å². The van der Waals surface area contributed by atoms with Crippen LogP contribution < -0.4 is 0 Å². The number of para-hydroxylation sites is 3. The maximum absolute atomic E-state index is 6.08. The number of rotatable bonds is 3. The maximum Gasteiger partial charge on any atom is 0.227 e. The lowest BCUT2D eigenvalue weighted by molar-refractivity contribution is 0.620. The first-order chi connectivity index (χ1) is 16.8. The second kappa shape index (κ2) is 7.46. The average Bonchev–Trinajstić information content (AvgIpc) is 3.48. The predicted octanol–water partition coefficient (Wildman–Crippen LogP) is 8.26. The molecule has 2 aromatic heterocycles. The summed E-state index contributed by atoms with van der Waals surface area (Å²) in [7, 11) is 0. The fourth-order valence-corrected chi connectivity index (χ4v) is 4.82. The van der Waals surface area contributed by atoms with E-state index in [4.69, 9.17) is 9.40 Å². The zero-order valence-electron chi connectivity index (χ0n) is 18.3. The van der Waals surface area contributed by atoms with Crippen molar-refractivity contribution in [1.82, 2.24) is 9.55 Å². The van der Waals surface area contributed by atoms with Crippen LogP contribution in [0.4, 0.5) is 0 Å². The lowest BCUT2D eigenvalue weighted by Gasteiger charge is -2.08. The van der Waals surface area contributed by atoms with E-state index in [1.165, 1.54) is 27.4 Å². The molecule has 0 unspecified atom stereocenters. The highest BCUT2D eigenvalue weighted by atomic mass is 16.3. The van der Waals surface area contributed by atoms with Gasteiger partial charge in [-0.2, -0.15) is 0 Å².